The Balaban J connectivity index is 2.57. The zero-order valence-corrected chi connectivity index (χ0v) is 9.09. The monoisotopic (exact) mass is 192 g/mol. The van der Waals surface area contributed by atoms with Gasteiger partial charge in [0.25, 0.3) is 0 Å². The van der Waals surface area contributed by atoms with Crippen molar-refractivity contribution in [3.05, 3.63) is 35.4 Å². The van der Waals surface area contributed by atoms with E-state index in [2.05, 4.69) is 43.5 Å². The Morgan fingerprint density at radius 2 is 2.21 bits per heavy atom. The van der Waals surface area contributed by atoms with Crippen molar-refractivity contribution in [2.45, 2.75) is 39.2 Å². The molecule has 0 spiro atoms. The first-order valence-electron chi connectivity index (χ1n) is 5.28. The molecule has 78 valence electrons. The minimum Gasteiger partial charge on any atom is -0.271 e. The van der Waals surface area contributed by atoms with Crippen molar-refractivity contribution in [2.75, 3.05) is 0 Å². The molecule has 0 saturated carbocycles. The van der Waals surface area contributed by atoms with Crippen molar-refractivity contribution in [1.29, 1.82) is 0 Å². The van der Waals surface area contributed by atoms with E-state index in [9.17, 15) is 0 Å². The quantitative estimate of drug-likeness (QED) is 0.554. The zero-order chi connectivity index (χ0) is 10.4. The molecule has 0 radical (unpaired) electrons. The summed E-state index contributed by atoms with van der Waals surface area (Å²) in [7, 11) is 0. The van der Waals surface area contributed by atoms with E-state index in [4.69, 9.17) is 5.84 Å². The molecular weight excluding hydrogens is 172 g/mol. The van der Waals surface area contributed by atoms with E-state index in [1.807, 2.05) is 0 Å². The van der Waals surface area contributed by atoms with Crippen LogP contribution >= 0.6 is 0 Å². The molecule has 0 aliphatic carbocycles. The highest BCUT2D eigenvalue weighted by Gasteiger charge is 2.05. The highest BCUT2D eigenvalue weighted by atomic mass is 15.2. The number of nitrogens with two attached hydrogens (primary N) is 1. The Labute approximate surface area is 86.5 Å². The lowest BCUT2D eigenvalue weighted by Crippen LogP contribution is -2.36. The minimum absolute atomic E-state index is 0.404. The molecule has 0 amide bonds. The summed E-state index contributed by atoms with van der Waals surface area (Å²) in [5.74, 6) is 5.49. The largest absolute Gasteiger partial charge is 0.271 e. The van der Waals surface area contributed by atoms with E-state index < -0.39 is 0 Å². The number of hydrazine groups is 1. The molecular formula is C12H20N2. The minimum atomic E-state index is 0.404. The van der Waals surface area contributed by atoms with E-state index in [1.165, 1.54) is 17.5 Å². The van der Waals surface area contributed by atoms with Crippen LogP contribution in [0.15, 0.2) is 24.3 Å². The predicted octanol–water partition coefficient (Wildman–Crippen LogP) is 2.17. The van der Waals surface area contributed by atoms with Crippen LogP contribution < -0.4 is 11.3 Å². The van der Waals surface area contributed by atoms with Gasteiger partial charge in [-0.05, 0) is 25.3 Å². The highest BCUT2D eigenvalue weighted by molar-refractivity contribution is 5.22. The van der Waals surface area contributed by atoms with Crippen molar-refractivity contribution in [1.82, 2.24) is 5.43 Å². The lowest BCUT2D eigenvalue weighted by Gasteiger charge is -2.14. The third-order valence-electron chi connectivity index (χ3n) is 2.44. The van der Waals surface area contributed by atoms with Gasteiger partial charge in [-0.25, -0.2) is 0 Å². The Morgan fingerprint density at radius 3 is 2.79 bits per heavy atom. The van der Waals surface area contributed by atoms with Crippen LogP contribution in [0.1, 0.15) is 30.9 Å². The Kier molecular flexibility index (Phi) is 4.63. The second-order valence-corrected chi connectivity index (χ2v) is 3.85. The van der Waals surface area contributed by atoms with Crippen molar-refractivity contribution in [3.8, 4) is 0 Å². The van der Waals surface area contributed by atoms with E-state index in [0.29, 0.717) is 6.04 Å². The summed E-state index contributed by atoms with van der Waals surface area (Å²) in [6, 6.07) is 9.01. The average molecular weight is 192 g/mol. The van der Waals surface area contributed by atoms with Crippen LogP contribution in [0.3, 0.4) is 0 Å². The van der Waals surface area contributed by atoms with Crippen LogP contribution in [0.5, 0.6) is 0 Å². The standard InChI is InChI=1S/C12H20N2/c1-3-5-12(14-13)9-11-7-4-6-10(2)8-11/h4,6-8,12,14H,3,5,9,13H2,1-2H3. The van der Waals surface area contributed by atoms with Gasteiger partial charge in [0, 0.05) is 6.04 Å². The molecule has 1 unspecified atom stereocenters. The highest BCUT2D eigenvalue weighted by Crippen LogP contribution is 2.09. The maximum atomic E-state index is 5.49. The van der Waals surface area contributed by atoms with Crippen LogP contribution in [0.25, 0.3) is 0 Å². The van der Waals surface area contributed by atoms with Gasteiger partial charge in [-0.2, -0.15) is 0 Å². The normalized spacial score (nSPS) is 12.8. The molecule has 1 atom stereocenters. The van der Waals surface area contributed by atoms with Gasteiger partial charge < -0.3 is 0 Å². The lowest BCUT2D eigenvalue weighted by molar-refractivity contribution is 0.486. The summed E-state index contributed by atoms with van der Waals surface area (Å²) in [6.07, 6.45) is 3.32. The molecule has 0 aromatic heterocycles. The smallest absolute Gasteiger partial charge is 0.0250 e. The lowest BCUT2D eigenvalue weighted by atomic mass is 10.0. The first-order valence-corrected chi connectivity index (χ1v) is 5.28. The molecule has 0 aliphatic rings. The second kappa shape index (κ2) is 5.78. The van der Waals surface area contributed by atoms with Gasteiger partial charge >= 0.3 is 0 Å². The molecule has 1 aromatic carbocycles. The van der Waals surface area contributed by atoms with Gasteiger partial charge in [-0.15, -0.1) is 0 Å². The summed E-state index contributed by atoms with van der Waals surface area (Å²) in [6.45, 7) is 4.30. The summed E-state index contributed by atoms with van der Waals surface area (Å²) in [4.78, 5) is 0. The van der Waals surface area contributed by atoms with Crippen LogP contribution in [0, 0.1) is 6.92 Å². The fourth-order valence-electron chi connectivity index (χ4n) is 1.72. The number of aryl methyl sites for hydroxylation is 1. The number of hydrogen-bond donors (Lipinski definition) is 2. The maximum absolute atomic E-state index is 5.49. The summed E-state index contributed by atoms with van der Waals surface area (Å²) < 4.78 is 0. The Morgan fingerprint density at radius 1 is 1.43 bits per heavy atom. The molecule has 3 N–H and O–H groups in total. The molecule has 1 aromatic rings. The Hall–Kier alpha value is -0.860. The molecule has 0 heterocycles. The fourth-order valence-corrected chi connectivity index (χ4v) is 1.72. The third-order valence-corrected chi connectivity index (χ3v) is 2.44. The molecule has 2 heteroatoms. The van der Waals surface area contributed by atoms with E-state index in [1.54, 1.807) is 0 Å². The van der Waals surface area contributed by atoms with Crippen LogP contribution in [0.4, 0.5) is 0 Å². The average Bonchev–Trinajstić information content (AvgIpc) is 2.17. The van der Waals surface area contributed by atoms with Crippen LogP contribution in [-0.4, -0.2) is 6.04 Å². The van der Waals surface area contributed by atoms with Gasteiger partial charge in [-0.3, -0.25) is 11.3 Å². The van der Waals surface area contributed by atoms with Gasteiger partial charge in [0.05, 0.1) is 0 Å². The Bertz CT molecular complexity index is 271. The predicted molar refractivity (Wildman–Crippen MR) is 60.9 cm³/mol. The van der Waals surface area contributed by atoms with Crippen LogP contribution in [0.2, 0.25) is 0 Å². The number of hydrogen-bond acceptors (Lipinski definition) is 2. The van der Waals surface area contributed by atoms with Crippen molar-refractivity contribution in [2.24, 2.45) is 5.84 Å². The van der Waals surface area contributed by atoms with E-state index in [0.717, 1.165) is 12.8 Å². The molecule has 0 aliphatic heterocycles. The van der Waals surface area contributed by atoms with E-state index >= 15 is 0 Å². The number of rotatable bonds is 5. The molecule has 0 bridgehead atoms. The summed E-state index contributed by atoms with van der Waals surface area (Å²) in [5, 5.41) is 0. The van der Waals surface area contributed by atoms with Crippen LogP contribution in [-0.2, 0) is 6.42 Å². The van der Waals surface area contributed by atoms with E-state index in [-0.39, 0.29) is 0 Å². The van der Waals surface area contributed by atoms with Crippen molar-refractivity contribution < 1.29 is 0 Å². The van der Waals surface area contributed by atoms with Gasteiger partial charge in [0.1, 0.15) is 0 Å². The first kappa shape index (κ1) is 11.2. The topological polar surface area (TPSA) is 38.0 Å². The SMILES string of the molecule is CCCC(Cc1cccc(C)c1)NN. The number of nitrogens with one attached hydrogen (secondary N) is 1. The third kappa shape index (κ3) is 3.48. The first-order chi connectivity index (χ1) is 6.76. The summed E-state index contributed by atoms with van der Waals surface area (Å²) >= 11 is 0. The molecule has 0 saturated heterocycles. The number of benzene rings is 1. The molecule has 1 rings (SSSR count). The zero-order valence-electron chi connectivity index (χ0n) is 9.09. The summed E-state index contributed by atoms with van der Waals surface area (Å²) in [5.41, 5.74) is 5.55. The fraction of sp³-hybridized carbons (Fsp3) is 0.500. The van der Waals surface area contributed by atoms with Crippen molar-refractivity contribution in [3.63, 3.8) is 0 Å². The maximum Gasteiger partial charge on any atom is 0.0250 e. The second-order valence-electron chi connectivity index (χ2n) is 3.85. The molecule has 2 nitrogen and oxygen atoms in total. The van der Waals surface area contributed by atoms with Gasteiger partial charge in [-0.1, -0.05) is 43.2 Å². The van der Waals surface area contributed by atoms with Gasteiger partial charge in [0.2, 0.25) is 0 Å². The molecule has 0 fully saturated rings. The van der Waals surface area contributed by atoms with Crippen molar-refractivity contribution >= 4 is 0 Å². The van der Waals surface area contributed by atoms with Gasteiger partial charge in [0.15, 0.2) is 0 Å². The molecule has 14 heavy (non-hydrogen) atoms.